The summed E-state index contributed by atoms with van der Waals surface area (Å²) in [6.07, 6.45) is 1.55. The van der Waals surface area contributed by atoms with Crippen molar-refractivity contribution in [1.29, 1.82) is 0 Å². The van der Waals surface area contributed by atoms with Crippen LogP contribution in [0.2, 0.25) is 23.2 Å². The van der Waals surface area contributed by atoms with E-state index in [2.05, 4.69) is 33.9 Å². The third kappa shape index (κ3) is 4.16. The molecule has 0 radical (unpaired) electrons. The predicted molar refractivity (Wildman–Crippen MR) is 83.7 cm³/mol. The molecule has 4 heteroatoms. The Morgan fingerprint density at radius 3 is 2.47 bits per heavy atom. The largest absolute Gasteiger partial charge is 0.416 e. The van der Waals surface area contributed by atoms with Crippen LogP contribution in [-0.4, -0.2) is 21.2 Å². The summed E-state index contributed by atoms with van der Waals surface area (Å²) in [7, 11) is -1.72. The number of carbonyl (C=O) groups excluding carboxylic acids is 1. The zero-order chi connectivity index (χ0) is 14.7. The van der Waals surface area contributed by atoms with Gasteiger partial charge in [-0.25, -0.2) is 0 Å². The zero-order valence-corrected chi connectivity index (χ0v) is 14.2. The van der Waals surface area contributed by atoms with E-state index in [1.54, 1.807) is 6.07 Å². The van der Waals surface area contributed by atoms with Crippen molar-refractivity contribution in [3.63, 3.8) is 0 Å². The van der Waals surface area contributed by atoms with Crippen LogP contribution in [0.15, 0.2) is 18.2 Å². The number of halogens is 1. The average Bonchev–Trinajstić information content (AvgIpc) is 2.27. The van der Waals surface area contributed by atoms with Crippen LogP contribution in [0.4, 0.5) is 0 Å². The fourth-order valence-electron chi connectivity index (χ4n) is 1.56. The molecule has 0 heterocycles. The van der Waals surface area contributed by atoms with Gasteiger partial charge in [0.05, 0.1) is 5.02 Å². The van der Waals surface area contributed by atoms with Gasteiger partial charge in [0.2, 0.25) is 0 Å². The molecule has 0 aliphatic carbocycles. The maximum Gasteiger partial charge on any atom is 0.191 e. The first-order valence-corrected chi connectivity index (χ1v) is 9.84. The highest BCUT2D eigenvalue weighted by molar-refractivity contribution is 6.74. The van der Waals surface area contributed by atoms with Gasteiger partial charge in [0.25, 0.3) is 0 Å². The normalized spacial score (nSPS) is 12.5. The SMILES string of the molecule is CC(C)(C)[Si](C)(C)OCCc1cccc(Cl)c1C=O. The lowest BCUT2D eigenvalue weighted by Crippen LogP contribution is -2.41. The van der Waals surface area contributed by atoms with Gasteiger partial charge in [-0.2, -0.15) is 0 Å². The summed E-state index contributed by atoms with van der Waals surface area (Å²) in [6.45, 7) is 11.7. The molecule has 0 N–H and O–H groups in total. The standard InChI is InChI=1S/C15H23ClO2Si/c1-15(2,3)19(4,5)18-10-9-12-7-6-8-14(16)13(12)11-17/h6-8,11H,9-10H2,1-5H3. The molecule has 0 aliphatic heterocycles. The number of aldehydes is 1. The van der Waals surface area contributed by atoms with Gasteiger partial charge in [-0.3, -0.25) is 4.79 Å². The molecule has 0 saturated heterocycles. The summed E-state index contributed by atoms with van der Waals surface area (Å²) >= 11 is 6.01. The van der Waals surface area contributed by atoms with Crippen molar-refractivity contribution in [2.75, 3.05) is 6.61 Å². The summed E-state index contributed by atoms with van der Waals surface area (Å²) in [4.78, 5) is 11.1. The van der Waals surface area contributed by atoms with E-state index in [-0.39, 0.29) is 5.04 Å². The van der Waals surface area contributed by atoms with Crippen LogP contribution in [0.1, 0.15) is 36.7 Å². The third-order valence-corrected chi connectivity index (χ3v) is 8.77. The molecule has 1 aromatic rings. The van der Waals surface area contributed by atoms with E-state index in [1.165, 1.54) is 0 Å². The second-order valence-corrected chi connectivity index (χ2v) is 11.5. The lowest BCUT2D eigenvalue weighted by molar-refractivity contribution is 0.112. The molecule has 0 amide bonds. The molecule has 0 spiro atoms. The van der Waals surface area contributed by atoms with Gasteiger partial charge in [-0.05, 0) is 36.2 Å². The second kappa shape index (κ2) is 6.20. The number of rotatable bonds is 5. The van der Waals surface area contributed by atoms with E-state index in [0.717, 1.165) is 18.3 Å². The highest BCUT2D eigenvalue weighted by Crippen LogP contribution is 2.36. The molecule has 1 rings (SSSR count). The van der Waals surface area contributed by atoms with Gasteiger partial charge in [0.15, 0.2) is 14.6 Å². The Hall–Kier alpha value is -0.643. The van der Waals surface area contributed by atoms with Crippen molar-refractivity contribution in [3.8, 4) is 0 Å². The maximum atomic E-state index is 11.1. The van der Waals surface area contributed by atoms with Gasteiger partial charge in [0, 0.05) is 12.2 Å². The van der Waals surface area contributed by atoms with Crippen molar-refractivity contribution in [2.45, 2.75) is 45.3 Å². The van der Waals surface area contributed by atoms with E-state index >= 15 is 0 Å². The van der Waals surface area contributed by atoms with E-state index in [0.29, 0.717) is 17.2 Å². The van der Waals surface area contributed by atoms with Crippen LogP contribution < -0.4 is 0 Å². The molecule has 0 aliphatic rings. The second-order valence-electron chi connectivity index (χ2n) is 6.29. The first-order chi connectivity index (χ1) is 8.69. The Morgan fingerprint density at radius 1 is 1.32 bits per heavy atom. The number of carbonyl (C=O) groups is 1. The molecule has 19 heavy (non-hydrogen) atoms. The third-order valence-electron chi connectivity index (χ3n) is 3.90. The average molecular weight is 299 g/mol. The topological polar surface area (TPSA) is 26.3 Å². The maximum absolute atomic E-state index is 11.1. The smallest absolute Gasteiger partial charge is 0.191 e. The molecular weight excluding hydrogens is 276 g/mol. The van der Waals surface area contributed by atoms with Crippen LogP contribution in [0.5, 0.6) is 0 Å². The zero-order valence-electron chi connectivity index (χ0n) is 12.4. The minimum Gasteiger partial charge on any atom is -0.416 e. The Balaban J connectivity index is 2.69. The molecule has 0 fully saturated rings. The Labute approximate surface area is 122 Å². The highest BCUT2D eigenvalue weighted by atomic mass is 35.5. The molecule has 0 aromatic heterocycles. The number of hydrogen-bond donors (Lipinski definition) is 0. The minimum atomic E-state index is -1.72. The summed E-state index contributed by atoms with van der Waals surface area (Å²) in [5, 5.41) is 0.717. The van der Waals surface area contributed by atoms with Crippen molar-refractivity contribution in [3.05, 3.63) is 34.3 Å². The first kappa shape index (κ1) is 16.4. The first-order valence-electron chi connectivity index (χ1n) is 6.55. The van der Waals surface area contributed by atoms with Gasteiger partial charge in [-0.15, -0.1) is 0 Å². The van der Waals surface area contributed by atoms with Crippen LogP contribution >= 0.6 is 11.6 Å². The van der Waals surface area contributed by atoms with Gasteiger partial charge >= 0.3 is 0 Å². The van der Waals surface area contributed by atoms with Crippen LogP contribution in [0, 0.1) is 0 Å². The molecule has 1 aromatic carbocycles. The van der Waals surface area contributed by atoms with E-state index in [4.69, 9.17) is 16.0 Å². The van der Waals surface area contributed by atoms with Gasteiger partial charge in [-0.1, -0.05) is 44.5 Å². The summed E-state index contributed by atoms with van der Waals surface area (Å²) < 4.78 is 6.12. The number of hydrogen-bond acceptors (Lipinski definition) is 2. The van der Waals surface area contributed by atoms with Gasteiger partial charge in [0.1, 0.15) is 0 Å². The lowest BCUT2D eigenvalue weighted by atomic mass is 10.1. The van der Waals surface area contributed by atoms with Crippen molar-refractivity contribution in [2.24, 2.45) is 0 Å². The fraction of sp³-hybridized carbons (Fsp3) is 0.533. The molecular formula is C15H23ClO2Si. The molecule has 0 atom stereocenters. The lowest BCUT2D eigenvalue weighted by Gasteiger charge is -2.36. The van der Waals surface area contributed by atoms with Crippen LogP contribution in [-0.2, 0) is 10.8 Å². The highest BCUT2D eigenvalue weighted by Gasteiger charge is 2.36. The van der Waals surface area contributed by atoms with Crippen molar-refractivity contribution < 1.29 is 9.22 Å². The molecule has 106 valence electrons. The summed E-state index contributed by atoms with van der Waals surface area (Å²) in [5.74, 6) is 0. The Bertz CT molecular complexity index is 450. The molecule has 0 saturated carbocycles. The molecule has 0 unspecified atom stereocenters. The molecule has 2 nitrogen and oxygen atoms in total. The Kier molecular flexibility index (Phi) is 5.36. The minimum absolute atomic E-state index is 0.203. The van der Waals surface area contributed by atoms with E-state index in [9.17, 15) is 4.79 Å². The predicted octanol–water partition coefficient (Wildman–Crippen LogP) is 4.72. The molecule has 0 bridgehead atoms. The van der Waals surface area contributed by atoms with Crippen molar-refractivity contribution >= 4 is 26.2 Å². The monoisotopic (exact) mass is 298 g/mol. The quantitative estimate of drug-likeness (QED) is 0.581. The summed E-state index contributed by atoms with van der Waals surface area (Å²) in [5.41, 5.74) is 1.55. The van der Waals surface area contributed by atoms with Crippen LogP contribution in [0.25, 0.3) is 0 Å². The van der Waals surface area contributed by atoms with Crippen molar-refractivity contribution in [1.82, 2.24) is 0 Å². The van der Waals surface area contributed by atoms with Crippen LogP contribution in [0.3, 0.4) is 0 Å². The summed E-state index contributed by atoms with van der Waals surface area (Å²) in [6, 6.07) is 5.55. The van der Waals surface area contributed by atoms with E-state index < -0.39 is 8.32 Å². The number of benzene rings is 1. The Morgan fingerprint density at radius 2 is 1.95 bits per heavy atom. The van der Waals surface area contributed by atoms with E-state index in [1.807, 2.05) is 12.1 Å². The fourth-order valence-corrected chi connectivity index (χ4v) is 2.85. The van der Waals surface area contributed by atoms with Gasteiger partial charge < -0.3 is 4.43 Å².